The molecule has 1 fully saturated rings. The van der Waals surface area contributed by atoms with Gasteiger partial charge in [-0.1, -0.05) is 18.0 Å². The molecule has 0 aromatic carbocycles. The molecule has 1 atom stereocenters. The van der Waals surface area contributed by atoms with E-state index >= 15 is 0 Å². The van der Waals surface area contributed by atoms with Gasteiger partial charge >= 0.3 is 0 Å². The van der Waals surface area contributed by atoms with E-state index in [9.17, 15) is 13.2 Å². The number of hydrogen-bond donors (Lipinski definition) is 3. The topological polar surface area (TPSA) is 113 Å². The average Bonchev–Trinajstić information content (AvgIpc) is 3.11. The van der Waals surface area contributed by atoms with Crippen LogP contribution in [0, 0.1) is 13.8 Å². The Morgan fingerprint density at radius 2 is 1.92 bits per heavy atom. The highest BCUT2D eigenvalue weighted by Gasteiger charge is 2.45. The quantitative estimate of drug-likeness (QED) is 0.636. The SMILES string of the molecule is CNC(C)CNC(=O)C1(NS(=O)(=O)c2c(C)noc2C)CCCC1.Cl. The molecule has 1 aliphatic rings. The minimum atomic E-state index is -3.89. The molecular weight excluding hydrogens is 368 g/mol. The van der Waals surface area contributed by atoms with E-state index in [-0.39, 0.29) is 40.7 Å². The molecule has 0 radical (unpaired) electrons. The van der Waals surface area contributed by atoms with Crippen molar-refractivity contribution in [3.63, 3.8) is 0 Å². The number of aromatic nitrogens is 1. The van der Waals surface area contributed by atoms with E-state index in [1.165, 1.54) is 0 Å². The predicted octanol–water partition coefficient (Wildman–Crippen LogP) is 1.03. The van der Waals surface area contributed by atoms with Crippen LogP contribution in [0.4, 0.5) is 0 Å². The van der Waals surface area contributed by atoms with Gasteiger partial charge in [0, 0.05) is 12.6 Å². The highest BCUT2D eigenvalue weighted by molar-refractivity contribution is 7.89. The molecule has 1 unspecified atom stereocenters. The number of aryl methyl sites for hydroxylation is 2. The molecule has 0 bridgehead atoms. The molecule has 1 aromatic rings. The Morgan fingerprint density at radius 1 is 1.32 bits per heavy atom. The number of nitrogens with one attached hydrogen (secondary N) is 3. The van der Waals surface area contributed by atoms with Crippen LogP contribution in [0.3, 0.4) is 0 Å². The second kappa shape index (κ2) is 8.48. The van der Waals surface area contributed by atoms with Gasteiger partial charge in [-0.3, -0.25) is 4.79 Å². The lowest BCUT2D eigenvalue weighted by Gasteiger charge is -2.29. The monoisotopic (exact) mass is 394 g/mol. The van der Waals surface area contributed by atoms with Crippen molar-refractivity contribution in [1.82, 2.24) is 20.5 Å². The summed E-state index contributed by atoms with van der Waals surface area (Å²) < 4.78 is 33.2. The highest BCUT2D eigenvalue weighted by Crippen LogP contribution is 2.32. The molecule has 8 nitrogen and oxygen atoms in total. The Morgan fingerprint density at radius 3 is 2.40 bits per heavy atom. The van der Waals surface area contributed by atoms with Crippen molar-refractivity contribution in [2.75, 3.05) is 13.6 Å². The first kappa shape index (κ1) is 21.9. The van der Waals surface area contributed by atoms with E-state index in [4.69, 9.17) is 4.52 Å². The Labute approximate surface area is 154 Å². The van der Waals surface area contributed by atoms with Crippen molar-refractivity contribution in [2.24, 2.45) is 0 Å². The van der Waals surface area contributed by atoms with Gasteiger partial charge in [-0.2, -0.15) is 4.72 Å². The van der Waals surface area contributed by atoms with Gasteiger partial charge in [-0.05, 0) is 40.7 Å². The number of likely N-dealkylation sites (N-methyl/N-ethyl adjacent to an activating group) is 1. The van der Waals surface area contributed by atoms with Crippen LogP contribution in [0.5, 0.6) is 0 Å². The zero-order chi connectivity index (χ0) is 18.0. The molecule has 3 N–H and O–H groups in total. The lowest BCUT2D eigenvalue weighted by molar-refractivity contribution is -0.126. The summed E-state index contributed by atoms with van der Waals surface area (Å²) in [5.74, 6) is -0.0604. The van der Waals surface area contributed by atoms with Gasteiger partial charge in [0.15, 0.2) is 5.76 Å². The molecule has 0 spiro atoms. The third-order valence-electron chi connectivity index (χ3n) is 4.52. The van der Waals surface area contributed by atoms with Gasteiger partial charge in [0.1, 0.15) is 16.1 Å². The molecular formula is C15H27ClN4O4S. The number of amides is 1. The first-order valence-corrected chi connectivity index (χ1v) is 9.62. The van der Waals surface area contributed by atoms with Crippen molar-refractivity contribution in [1.29, 1.82) is 0 Å². The number of nitrogens with zero attached hydrogens (tertiary/aromatic N) is 1. The van der Waals surface area contributed by atoms with E-state index in [0.29, 0.717) is 19.4 Å². The molecule has 0 saturated heterocycles. The van der Waals surface area contributed by atoms with E-state index in [1.54, 1.807) is 13.8 Å². The number of hydrogen-bond acceptors (Lipinski definition) is 6. The first-order valence-electron chi connectivity index (χ1n) is 8.14. The lowest BCUT2D eigenvalue weighted by Crippen LogP contribution is -2.58. The normalized spacial score (nSPS) is 17.8. The molecule has 1 amide bonds. The molecule has 25 heavy (non-hydrogen) atoms. The smallest absolute Gasteiger partial charge is 0.246 e. The van der Waals surface area contributed by atoms with Gasteiger partial charge in [0.05, 0.1) is 0 Å². The number of rotatable bonds is 7. The fraction of sp³-hybridized carbons (Fsp3) is 0.733. The van der Waals surface area contributed by atoms with E-state index in [1.807, 2.05) is 14.0 Å². The molecule has 1 saturated carbocycles. The largest absolute Gasteiger partial charge is 0.360 e. The summed E-state index contributed by atoms with van der Waals surface area (Å²) in [6.07, 6.45) is 2.57. The van der Waals surface area contributed by atoms with Gasteiger partial charge < -0.3 is 15.2 Å². The van der Waals surface area contributed by atoms with Gasteiger partial charge in [-0.15, -0.1) is 12.4 Å². The predicted molar refractivity (Wildman–Crippen MR) is 96.3 cm³/mol. The van der Waals surface area contributed by atoms with Crippen molar-refractivity contribution in [3.8, 4) is 0 Å². The molecule has 1 heterocycles. The van der Waals surface area contributed by atoms with Crippen molar-refractivity contribution in [3.05, 3.63) is 11.5 Å². The summed E-state index contributed by atoms with van der Waals surface area (Å²) >= 11 is 0. The average molecular weight is 395 g/mol. The van der Waals surface area contributed by atoms with Crippen LogP contribution in [0.2, 0.25) is 0 Å². The van der Waals surface area contributed by atoms with Crippen molar-refractivity contribution >= 4 is 28.3 Å². The Bertz CT molecular complexity index is 679. The van der Waals surface area contributed by atoms with Crippen LogP contribution in [0.1, 0.15) is 44.1 Å². The molecule has 0 aliphatic heterocycles. The molecule has 144 valence electrons. The van der Waals surface area contributed by atoms with Crippen LogP contribution in [0.15, 0.2) is 9.42 Å². The first-order chi connectivity index (χ1) is 11.2. The summed E-state index contributed by atoms with van der Waals surface area (Å²) in [6, 6.07) is 0.103. The van der Waals surface area contributed by atoms with Gasteiger partial charge in [0.25, 0.3) is 0 Å². The van der Waals surface area contributed by atoms with Crippen LogP contribution in [-0.4, -0.2) is 44.7 Å². The summed E-state index contributed by atoms with van der Waals surface area (Å²) in [7, 11) is -2.08. The van der Waals surface area contributed by atoms with Crippen LogP contribution in [-0.2, 0) is 14.8 Å². The van der Waals surface area contributed by atoms with Crippen molar-refractivity contribution < 1.29 is 17.7 Å². The number of halogens is 1. The van der Waals surface area contributed by atoms with Crippen molar-refractivity contribution in [2.45, 2.75) is 62.9 Å². The molecule has 1 aliphatic carbocycles. The summed E-state index contributed by atoms with van der Waals surface area (Å²) in [5.41, 5.74) is -0.819. The fourth-order valence-electron chi connectivity index (χ4n) is 3.04. The number of carbonyl (C=O) groups is 1. The minimum absolute atomic E-state index is 0. The summed E-state index contributed by atoms with van der Waals surface area (Å²) in [4.78, 5) is 12.7. The van der Waals surface area contributed by atoms with Crippen LogP contribution >= 0.6 is 12.4 Å². The molecule has 2 rings (SSSR count). The van der Waals surface area contributed by atoms with Gasteiger partial charge in [-0.25, -0.2) is 8.42 Å². The van der Waals surface area contributed by atoms with E-state index < -0.39 is 15.6 Å². The third kappa shape index (κ3) is 4.72. The Balaban J connectivity index is 0.00000312. The standard InChI is InChI=1S/C15H26N4O4S.ClH/c1-10(16-4)9-17-14(20)15(7-5-6-8-15)19-24(21,22)13-11(2)18-23-12(13)3;/h10,16,19H,5-9H2,1-4H3,(H,17,20);1H. The lowest BCUT2D eigenvalue weighted by atomic mass is 9.98. The zero-order valence-corrected chi connectivity index (χ0v) is 16.6. The number of carbonyl (C=O) groups excluding carboxylic acids is 1. The molecule has 10 heteroatoms. The summed E-state index contributed by atoms with van der Waals surface area (Å²) in [6.45, 7) is 5.49. The second-order valence-electron chi connectivity index (χ2n) is 6.45. The van der Waals surface area contributed by atoms with E-state index in [2.05, 4.69) is 20.5 Å². The maximum Gasteiger partial charge on any atom is 0.246 e. The zero-order valence-electron chi connectivity index (χ0n) is 15.0. The van der Waals surface area contributed by atoms with E-state index in [0.717, 1.165) is 12.8 Å². The summed E-state index contributed by atoms with van der Waals surface area (Å²) in [5, 5.41) is 9.57. The molecule has 1 aromatic heterocycles. The maximum absolute atomic E-state index is 12.8. The Kier molecular flexibility index (Phi) is 7.42. The second-order valence-corrected chi connectivity index (χ2v) is 8.07. The minimum Gasteiger partial charge on any atom is -0.360 e. The fourth-order valence-corrected chi connectivity index (χ4v) is 4.79. The maximum atomic E-state index is 12.8. The Hall–Kier alpha value is -1.16. The third-order valence-corrected chi connectivity index (χ3v) is 6.30. The highest BCUT2D eigenvalue weighted by atomic mass is 35.5. The van der Waals surface area contributed by atoms with Gasteiger partial charge in [0.2, 0.25) is 15.9 Å². The van der Waals surface area contributed by atoms with Crippen LogP contribution < -0.4 is 15.4 Å². The van der Waals surface area contributed by atoms with Crippen LogP contribution in [0.25, 0.3) is 0 Å². The number of sulfonamides is 1.